The van der Waals surface area contributed by atoms with Gasteiger partial charge in [-0.05, 0) is 57.0 Å². The smallest absolute Gasteiger partial charge is 0.0970 e. The van der Waals surface area contributed by atoms with Gasteiger partial charge in [0.05, 0.1) is 15.2 Å². The number of likely N-dealkylation sites (tertiary alicyclic amines) is 1. The summed E-state index contributed by atoms with van der Waals surface area (Å²) in [5.41, 5.74) is 3.99. The van der Waals surface area contributed by atoms with Crippen molar-refractivity contribution in [2.24, 2.45) is 0 Å². The second-order valence-electron chi connectivity index (χ2n) is 6.87. The van der Waals surface area contributed by atoms with Crippen LogP contribution in [-0.4, -0.2) is 29.5 Å². The first kappa shape index (κ1) is 15.8. The Bertz CT molecular complexity index is 782. The molecule has 2 nitrogen and oxygen atoms in total. The molecule has 1 aliphatic rings. The van der Waals surface area contributed by atoms with Gasteiger partial charge < -0.3 is 4.90 Å². The lowest BCUT2D eigenvalue weighted by Gasteiger charge is -2.31. The molecule has 0 aliphatic carbocycles. The highest BCUT2D eigenvalue weighted by Crippen LogP contribution is 2.33. The molecule has 0 saturated carbocycles. The van der Waals surface area contributed by atoms with Crippen LogP contribution < -0.4 is 0 Å². The Hall–Kier alpha value is -1.71. The molecule has 0 N–H and O–H groups in total. The molecule has 0 bridgehead atoms. The van der Waals surface area contributed by atoms with Crippen molar-refractivity contribution in [1.82, 2.24) is 9.88 Å². The first-order chi connectivity index (χ1) is 11.8. The van der Waals surface area contributed by atoms with Gasteiger partial charge in [-0.1, -0.05) is 42.0 Å². The molecule has 4 rings (SSSR count). The molecule has 0 atom stereocenters. The summed E-state index contributed by atoms with van der Waals surface area (Å²) in [6.07, 6.45) is 3.65. The maximum Gasteiger partial charge on any atom is 0.0970 e. The van der Waals surface area contributed by atoms with Gasteiger partial charge in [-0.2, -0.15) is 0 Å². The number of piperidine rings is 1. The van der Waals surface area contributed by atoms with Crippen LogP contribution in [-0.2, 0) is 6.42 Å². The molecule has 2 aromatic carbocycles. The molecule has 0 radical (unpaired) electrons. The van der Waals surface area contributed by atoms with Crippen molar-refractivity contribution in [1.29, 1.82) is 0 Å². The van der Waals surface area contributed by atoms with Gasteiger partial charge in [0.25, 0.3) is 0 Å². The van der Waals surface area contributed by atoms with Gasteiger partial charge in [-0.25, -0.2) is 4.98 Å². The van der Waals surface area contributed by atoms with E-state index in [1.807, 2.05) is 11.3 Å². The van der Waals surface area contributed by atoms with Gasteiger partial charge in [0.2, 0.25) is 0 Å². The van der Waals surface area contributed by atoms with Crippen molar-refractivity contribution in [2.75, 3.05) is 19.6 Å². The molecule has 0 spiro atoms. The van der Waals surface area contributed by atoms with Crippen LogP contribution >= 0.6 is 11.3 Å². The van der Waals surface area contributed by atoms with Crippen molar-refractivity contribution in [3.05, 3.63) is 64.7 Å². The topological polar surface area (TPSA) is 16.1 Å². The zero-order valence-corrected chi connectivity index (χ0v) is 15.1. The van der Waals surface area contributed by atoms with E-state index in [-0.39, 0.29) is 0 Å². The number of aromatic nitrogens is 1. The maximum atomic E-state index is 4.86. The molecule has 0 amide bonds. The minimum absolute atomic E-state index is 0.651. The SMILES string of the molecule is Cc1cccc(CCN2CCC(c3nc4ccccc4s3)CC2)c1. The van der Waals surface area contributed by atoms with Crippen molar-refractivity contribution < 1.29 is 0 Å². The predicted molar refractivity (Wildman–Crippen MR) is 103 cm³/mol. The first-order valence-corrected chi connectivity index (χ1v) is 9.73. The molecule has 3 heteroatoms. The van der Waals surface area contributed by atoms with Gasteiger partial charge in [0.1, 0.15) is 0 Å². The number of fused-ring (bicyclic) bond motifs is 1. The number of rotatable bonds is 4. The number of hydrogen-bond donors (Lipinski definition) is 0. The Balaban J connectivity index is 1.33. The Kier molecular flexibility index (Phi) is 4.63. The number of hydrogen-bond acceptors (Lipinski definition) is 3. The summed E-state index contributed by atoms with van der Waals surface area (Å²) in [5.74, 6) is 0.651. The van der Waals surface area contributed by atoms with E-state index in [9.17, 15) is 0 Å². The second-order valence-corrected chi connectivity index (χ2v) is 7.94. The fourth-order valence-corrected chi connectivity index (χ4v) is 4.76. The van der Waals surface area contributed by atoms with Gasteiger partial charge in [-0.15, -0.1) is 11.3 Å². The summed E-state index contributed by atoms with van der Waals surface area (Å²) < 4.78 is 1.33. The Labute approximate surface area is 148 Å². The van der Waals surface area contributed by atoms with E-state index in [1.54, 1.807) is 0 Å². The van der Waals surface area contributed by atoms with Gasteiger partial charge in [-0.3, -0.25) is 0 Å². The van der Waals surface area contributed by atoms with E-state index in [1.165, 1.54) is 58.8 Å². The monoisotopic (exact) mass is 336 g/mol. The average molecular weight is 337 g/mol. The summed E-state index contributed by atoms with van der Waals surface area (Å²) in [5, 5.41) is 1.34. The van der Waals surface area contributed by atoms with Crippen LogP contribution in [0.25, 0.3) is 10.2 Å². The molecule has 124 valence electrons. The predicted octanol–water partition coefficient (Wildman–Crippen LogP) is 5.03. The van der Waals surface area contributed by atoms with E-state index in [4.69, 9.17) is 4.98 Å². The first-order valence-electron chi connectivity index (χ1n) is 8.91. The molecule has 24 heavy (non-hydrogen) atoms. The molecule has 1 saturated heterocycles. The van der Waals surface area contributed by atoms with E-state index in [0.29, 0.717) is 5.92 Å². The van der Waals surface area contributed by atoms with Gasteiger partial charge >= 0.3 is 0 Å². The minimum Gasteiger partial charge on any atom is -0.303 e. The lowest BCUT2D eigenvalue weighted by atomic mass is 9.97. The van der Waals surface area contributed by atoms with Crippen LogP contribution in [0.15, 0.2) is 48.5 Å². The van der Waals surface area contributed by atoms with Crippen molar-refractivity contribution >= 4 is 21.6 Å². The summed E-state index contributed by atoms with van der Waals surface area (Å²) in [7, 11) is 0. The fourth-order valence-electron chi connectivity index (χ4n) is 3.62. The molecule has 1 aromatic heterocycles. The molecule has 3 aromatic rings. The zero-order valence-electron chi connectivity index (χ0n) is 14.2. The van der Waals surface area contributed by atoms with Crippen LogP contribution in [0.2, 0.25) is 0 Å². The van der Waals surface area contributed by atoms with Crippen molar-refractivity contribution in [2.45, 2.75) is 32.1 Å². The van der Waals surface area contributed by atoms with Crippen LogP contribution in [0.3, 0.4) is 0 Å². The molecule has 1 aliphatic heterocycles. The number of benzene rings is 2. The maximum absolute atomic E-state index is 4.86. The molecular formula is C21H24N2S. The summed E-state index contributed by atoms with van der Waals surface area (Å²) in [4.78, 5) is 7.48. The van der Waals surface area contributed by atoms with E-state index < -0.39 is 0 Å². The Morgan fingerprint density at radius 1 is 1.08 bits per heavy atom. The number of nitrogens with zero attached hydrogens (tertiary/aromatic N) is 2. The summed E-state index contributed by atoms with van der Waals surface area (Å²) >= 11 is 1.89. The second kappa shape index (κ2) is 7.04. The van der Waals surface area contributed by atoms with E-state index >= 15 is 0 Å². The van der Waals surface area contributed by atoms with Crippen LogP contribution in [0.1, 0.15) is 34.9 Å². The van der Waals surface area contributed by atoms with Gasteiger partial charge in [0, 0.05) is 12.5 Å². The number of thiazole rings is 1. The normalized spacial score (nSPS) is 16.7. The highest BCUT2D eigenvalue weighted by molar-refractivity contribution is 7.18. The highest BCUT2D eigenvalue weighted by Gasteiger charge is 2.23. The van der Waals surface area contributed by atoms with Crippen LogP contribution in [0.4, 0.5) is 0 Å². The largest absolute Gasteiger partial charge is 0.303 e. The number of para-hydroxylation sites is 1. The Morgan fingerprint density at radius 2 is 1.92 bits per heavy atom. The third-order valence-electron chi connectivity index (χ3n) is 5.05. The summed E-state index contributed by atoms with van der Waals surface area (Å²) in [6, 6.07) is 17.4. The highest BCUT2D eigenvalue weighted by atomic mass is 32.1. The molecule has 1 fully saturated rings. The third-order valence-corrected chi connectivity index (χ3v) is 6.25. The Morgan fingerprint density at radius 3 is 2.71 bits per heavy atom. The van der Waals surface area contributed by atoms with Crippen molar-refractivity contribution in [3.63, 3.8) is 0 Å². The standard InChI is InChI=1S/C21H24N2S/c1-16-5-4-6-17(15-16)9-12-23-13-10-18(11-14-23)21-22-19-7-2-3-8-20(19)24-21/h2-8,15,18H,9-14H2,1H3. The lowest BCUT2D eigenvalue weighted by Crippen LogP contribution is -2.34. The van der Waals surface area contributed by atoms with Crippen molar-refractivity contribution in [3.8, 4) is 0 Å². The lowest BCUT2D eigenvalue weighted by molar-refractivity contribution is 0.214. The number of aryl methyl sites for hydroxylation is 1. The molecular weight excluding hydrogens is 312 g/mol. The van der Waals surface area contributed by atoms with Crippen LogP contribution in [0, 0.1) is 6.92 Å². The van der Waals surface area contributed by atoms with E-state index in [0.717, 1.165) is 6.42 Å². The minimum atomic E-state index is 0.651. The van der Waals surface area contributed by atoms with Gasteiger partial charge in [0.15, 0.2) is 0 Å². The average Bonchev–Trinajstić information content (AvgIpc) is 3.05. The van der Waals surface area contributed by atoms with Crippen LogP contribution in [0.5, 0.6) is 0 Å². The third kappa shape index (κ3) is 3.52. The quantitative estimate of drug-likeness (QED) is 0.664. The molecule has 0 unspecified atom stereocenters. The van der Waals surface area contributed by atoms with E-state index in [2.05, 4.69) is 60.4 Å². The zero-order chi connectivity index (χ0) is 16.4. The fraction of sp³-hybridized carbons (Fsp3) is 0.381. The molecule has 2 heterocycles. The summed E-state index contributed by atoms with van der Waals surface area (Å²) in [6.45, 7) is 5.75.